The molecule has 0 fully saturated rings. The molecule has 1 rings (SSSR count). The van der Waals surface area contributed by atoms with Gasteiger partial charge in [-0.2, -0.15) is 0 Å². The van der Waals surface area contributed by atoms with E-state index < -0.39 is 0 Å². The highest BCUT2D eigenvalue weighted by atomic mass is 127. The lowest BCUT2D eigenvalue weighted by Gasteiger charge is -1.99. The normalized spacial score (nSPS) is 10.0. The van der Waals surface area contributed by atoms with Gasteiger partial charge in [-0.3, -0.25) is 3.53 Å². The minimum Gasteiger partial charge on any atom is -0.257 e. The van der Waals surface area contributed by atoms with Gasteiger partial charge in [0.05, 0.1) is 0 Å². The Morgan fingerprint density at radius 2 is 2.00 bits per heavy atom. The quantitative estimate of drug-likeness (QED) is 0.519. The second kappa shape index (κ2) is 5.00. The van der Waals surface area contributed by atoms with E-state index in [1.54, 1.807) is 11.8 Å². The summed E-state index contributed by atoms with van der Waals surface area (Å²) in [6, 6.07) is 8.59. The van der Waals surface area contributed by atoms with Gasteiger partial charge in [0.15, 0.2) is 0 Å². The summed E-state index contributed by atoms with van der Waals surface area (Å²) in [5, 5.41) is 0. The van der Waals surface area contributed by atoms with Crippen molar-refractivity contribution in [1.82, 2.24) is 3.53 Å². The largest absolute Gasteiger partial charge is 0.257 e. The lowest BCUT2D eigenvalue weighted by Crippen LogP contribution is -1.96. The molecule has 0 aromatic heterocycles. The fourth-order valence-electron chi connectivity index (χ4n) is 0.821. The van der Waals surface area contributed by atoms with Gasteiger partial charge >= 0.3 is 0 Å². The highest BCUT2D eigenvalue weighted by Crippen LogP contribution is 2.14. The zero-order valence-corrected chi connectivity index (χ0v) is 9.28. The second-order valence-corrected chi connectivity index (χ2v) is 3.80. The van der Waals surface area contributed by atoms with Crippen LogP contribution in [-0.4, -0.2) is 6.26 Å². The van der Waals surface area contributed by atoms with E-state index in [-0.39, 0.29) is 0 Å². The number of thioether (sulfide) groups is 1. The first-order valence-corrected chi connectivity index (χ1v) is 5.63. The number of nitrogens with one attached hydrogen (secondary N) is 1. The van der Waals surface area contributed by atoms with Crippen LogP contribution in [0.1, 0.15) is 5.56 Å². The highest BCUT2D eigenvalue weighted by molar-refractivity contribution is 14.1. The molecule has 1 aromatic rings. The molecular weight excluding hydrogens is 269 g/mol. The molecule has 0 saturated carbocycles. The number of rotatable bonds is 3. The Balaban J connectivity index is 2.66. The first-order valence-electron chi connectivity index (χ1n) is 3.33. The van der Waals surface area contributed by atoms with Crippen LogP contribution in [0.4, 0.5) is 0 Å². The van der Waals surface area contributed by atoms with Crippen LogP contribution in [0.5, 0.6) is 0 Å². The van der Waals surface area contributed by atoms with E-state index in [0.29, 0.717) is 0 Å². The van der Waals surface area contributed by atoms with Crippen molar-refractivity contribution in [1.29, 1.82) is 0 Å². The van der Waals surface area contributed by atoms with Crippen molar-refractivity contribution >= 4 is 34.6 Å². The zero-order chi connectivity index (χ0) is 8.10. The molecule has 1 nitrogen and oxygen atoms in total. The number of hydrogen-bond acceptors (Lipinski definition) is 2. The molecule has 1 N–H and O–H groups in total. The summed E-state index contributed by atoms with van der Waals surface area (Å²) < 4.78 is 3.08. The van der Waals surface area contributed by atoms with E-state index in [4.69, 9.17) is 0 Å². The van der Waals surface area contributed by atoms with Crippen molar-refractivity contribution in [3.05, 3.63) is 29.8 Å². The van der Waals surface area contributed by atoms with Crippen molar-refractivity contribution < 1.29 is 0 Å². The monoisotopic (exact) mass is 279 g/mol. The Morgan fingerprint density at radius 3 is 2.45 bits per heavy atom. The van der Waals surface area contributed by atoms with Gasteiger partial charge in [-0.15, -0.1) is 11.8 Å². The second-order valence-electron chi connectivity index (χ2n) is 2.16. The standard InChI is InChI=1S/C8H10INS/c1-11-8-4-2-7(3-5-8)6-10-9/h2-5,10H,6H2,1H3. The van der Waals surface area contributed by atoms with Gasteiger partial charge in [-0.25, -0.2) is 0 Å². The average molecular weight is 279 g/mol. The fraction of sp³-hybridized carbons (Fsp3) is 0.250. The van der Waals surface area contributed by atoms with Gasteiger partial charge < -0.3 is 0 Å². The molecule has 11 heavy (non-hydrogen) atoms. The van der Waals surface area contributed by atoms with Crippen molar-refractivity contribution in [2.75, 3.05) is 6.26 Å². The third-order valence-electron chi connectivity index (χ3n) is 1.43. The molecule has 1 aromatic carbocycles. The molecule has 0 saturated heterocycles. The van der Waals surface area contributed by atoms with E-state index in [9.17, 15) is 0 Å². The molecule has 0 unspecified atom stereocenters. The minimum atomic E-state index is 0.940. The summed E-state index contributed by atoms with van der Waals surface area (Å²) in [7, 11) is 0. The number of hydrogen-bond donors (Lipinski definition) is 1. The number of benzene rings is 1. The van der Waals surface area contributed by atoms with Gasteiger partial charge in [-0.1, -0.05) is 12.1 Å². The molecule has 3 heteroatoms. The predicted octanol–water partition coefficient (Wildman–Crippen LogP) is 2.85. The summed E-state index contributed by atoms with van der Waals surface area (Å²) in [6.07, 6.45) is 2.09. The minimum absolute atomic E-state index is 0.940. The highest BCUT2D eigenvalue weighted by Gasteiger charge is 1.90. The lowest BCUT2D eigenvalue weighted by atomic mass is 10.2. The average Bonchev–Trinajstić information content (AvgIpc) is 2.07. The van der Waals surface area contributed by atoms with Crippen molar-refractivity contribution in [3.63, 3.8) is 0 Å². The predicted molar refractivity (Wildman–Crippen MR) is 59.1 cm³/mol. The molecular formula is C8H10INS. The molecule has 60 valence electrons. The van der Waals surface area contributed by atoms with Crippen LogP contribution in [0.15, 0.2) is 29.2 Å². The molecule has 0 bridgehead atoms. The van der Waals surface area contributed by atoms with E-state index in [2.05, 4.69) is 56.9 Å². The Labute approximate surface area is 85.5 Å². The third kappa shape index (κ3) is 3.01. The van der Waals surface area contributed by atoms with Gasteiger partial charge in [-0.05, 0) is 24.0 Å². The van der Waals surface area contributed by atoms with E-state index >= 15 is 0 Å². The summed E-state index contributed by atoms with van der Waals surface area (Å²) in [6.45, 7) is 0.940. The lowest BCUT2D eigenvalue weighted by molar-refractivity contribution is 1.01. The van der Waals surface area contributed by atoms with Crippen LogP contribution < -0.4 is 3.53 Å². The van der Waals surface area contributed by atoms with Gasteiger partial charge in [0, 0.05) is 34.3 Å². The van der Waals surface area contributed by atoms with Crippen LogP contribution >= 0.6 is 34.6 Å². The van der Waals surface area contributed by atoms with Gasteiger partial charge in [0.25, 0.3) is 0 Å². The molecule has 0 aliphatic carbocycles. The molecule has 0 aliphatic heterocycles. The van der Waals surface area contributed by atoms with Crippen LogP contribution in [0.2, 0.25) is 0 Å². The van der Waals surface area contributed by atoms with Crippen LogP contribution in [0, 0.1) is 0 Å². The zero-order valence-electron chi connectivity index (χ0n) is 6.30. The molecule has 0 radical (unpaired) electrons. The Hall–Kier alpha value is 0.260. The van der Waals surface area contributed by atoms with E-state index in [0.717, 1.165) is 6.54 Å². The maximum absolute atomic E-state index is 3.08. The van der Waals surface area contributed by atoms with Crippen molar-refractivity contribution in [2.45, 2.75) is 11.4 Å². The molecule has 0 amide bonds. The molecule has 0 atom stereocenters. The molecule has 0 heterocycles. The Kier molecular flexibility index (Phi) is 4.25. The summed E-state index contributed by atoms with van der Waals surface area (Å²) >= 11 is 3.93. The van der Waals surface area contributed by atoms with E-state index in [1.165, 1.54) is 10.5 Å². The SMILES string of the molecule is CSc1ccc(CNI)cc1. The Bertz CT molecular complexity index is 210. The van der Waals surface area contributed by atoms with Gasteiger partial charge in [0.2, 0.25) is 0 Å². The first kappa shape index (κ1) is 9.35. The van der Waals surface area contributed by atoms with Crippen molar-refractivity contribution in [2.24, 2.45) is 0 Å². The third-order valence-corrected chi connectivity index (χ3v) is 2.55. The van der Waals surface area contributed by atoms with Crippen LogP contribution in [0.25, 0.3) is 0 Å². The summed E-state index contributed by atoms with van der Waals surface area (Å²) in [4.78, 5) is 1.32. The first-order chi connectivity index (χ1) is 5.36. The maximum Gasteiger partial charge on any atom is 0.0301 e. The molecule has 0 spiro atoms. The Morgan fingerprint density at radius 1 is 1.36 bits per heavy atom. The smallest absolute Gasteiger partial charge is 0.0301 e. The van der Waals surface area contributed by atoms with E-state index in [1.807, 2.05) is 0 Å². The fourth-order valence-corrected chi connectivity index (χ4v) is 1.67. The van der Waals surface area contributed by atoms with Gasteiger partial charge in [0.1, 0.15) is 0 Å². The maximum atomic E-state index is 3.08. The van der Waals surface area contributed by atoms with Crippen molar-refractivity contribution in [3.8, 4) is 0 Å². The molecule has 0 aliphatic rings. The van der Waals surface area contributed by atoms with Crippen LogP contribution in [-0.2, 0) is 6.54 Å². The topological polar surface area (TPSA) is 12.0 Å². The van der Waals surface area contributed by atoms with Crippen LogP contribution in [0.3, 0.4) is 0 Å². The summed E-state index contributed by atoms with van der Waals surface area (Å²) in [5.74, 6) is 0. The number of halogens is 1. The summed E-state index contributed by atoms with van der Waals surface area (Å²) in [5.41, 5.74) is 1.33.